The summed E-state index contributed by atoms with van der Waals surface area (Å²) < 4.78 is 2.89. The van der Waals surface area contributed by atoms with Gasteiger partial charge in [-0.2, -0.15) is 5.10 Å². The Morgan fingerprint density at radius 2 is 2.20 bits per heavy atom. The molecule has 3 nitrogen and oxygen atoms in total. The third kappa shape index (κ3) is 2.21. The smallest absolute Gasteiger partial charge is 0.122 e. The summed E-state index contributed by atoms with van der Waals surface area (Å²) in [5.41, 5.74) is 8.16. The van der Waals surface area contributed by atoms with Crippen molar-refractivity contribution in [1.29, 1.82) is 0 Å². The first-order valence-electron chi connectivity index (χ1n) is 4.69. The molecule has 0 fully saturated rings. The van der Waals surface area contributed by atoms with Gasteiger partial charge >= 0.3 is 0 Å². The summed E-state index contributed by atoms with van der Waals surface area (Å²) in [5, 5.41) is 4.14. The molecule has 0 amide bonds. The highest BCUT2D eigenvalue weighted by atomic mass is 79.9. The molecule has 0 aliphatic carbocycles. The van der Waals surface area contributed by atoms with E-state index in [-0.39, 0.29) is 0 Å². The zero-order valence-electron chi connectivity index (χ0n) is 8.44. The first kappa shape index (κ1) is 10.2. The van der Waals surface area contributed by atoms with Crippen molar-refractivity contribution in [2.45, 2.75) is 13.5 Å². The predicted octanol–water partition coefficient (Wildman–Crippen LogP) is 2.58. The molecule has 2 rings (SSSR count). The Morgan fingerprint density at radius 1 is 1.40 bits per heavy atom. The number of hydrogen-bond donors (Lipinski definition) is 1. The first-order chi connectivity index (χ1) is 7.16. The zero-order chi connectivity index (χ0) is 10.8. The van der Waals surface area contributed by atoms with Crippen LogP contribution in [0.3, 0.4) is 0 Å². The minimum absolute atomic E-state index is 0.687. The van der Waals surface area contributed by atoms with E-state index in [0.717, 1.165) is 4.47 Å². The van der Waals surface area contributed by atoms with Crippen molar-refractivity contribution in [3.63, 3.8) is 0 Å². The van der Waals surface area contributed by atoms with Crippen molar-refractivity contribution < 1.29 is 0 Å². The van der Waals surface area contributed by atoms with Crippen molar-refractivity contribution >= 4 is 21.7 Å². The monoisotopic (exact) mass is 265 g/mol. The highest BCUT2D eigenvalue weighted by Crippen LogP contribution is 2.18. The minimum atomic E-state index is 0.687. The van der Waals surface area contributed by atoms with Gasteiger partial charge in [0.25, 0.3) is 0 Å². The largest absolute Gasteiger partial charge is 0.384 e. The number of anilines is 1. The van der Waals surface area contributed by atoms with E-state index in [4.69, 9.17) is 5.73 Å². The highest BCUT2D eigenvalue weighted by molar-refractivity contribution is 9.10. The van der Waals surface area contributed by atoms with Gasteiger partial charge in [0.15, 0.2) is 0 Å². The van der Waals surface area contributed by atoms with Crippen LogP contribution in [-0.4, -0.2) is 9.78 Å². The molecule has 4 heteroatoms. The normalized spacial score (nSPS) is 10.5. The molecule has 0 aliphatic rings. The molecule has 0 saturated heterocycles. The molecule has 0 aliphatic heterocycles. The lowest BCUT2D eigenvalue weighted by atomic mass is 10.1. The molecule has 0 bridgehead atoms. The van der Waals surface area contributed by atoms with E-state index >= 15 is 0 Å². The molecule has 0 radical (unpaired) electrons. The van der Waals surface area contributed by atoms with Crippen molar-refractivity contribution in [2.75, 3.05) is 5.73 Å². The fourth-order valence-electron chi connectivity index (χ4n) is 1.38. The second kappa shape index (κ2) is 4.06. The maximum absolute atomic E-state index is 5.75. The van der Waals surface area contributed by atoms with Crippen LogP contribution in [0, 0.1) is 6.92 Å². The molecule has 78 valence electrons. The minimum Gasteiger partial charge on any atom is -0.384 e. The number of nitrogens with zero attached hydrogens (tertiary/aromatic N) is 2. The van der Waals surface area contributed by atoms with Crippen LogP contribution in [0.1, 0.15) is 11.1 Å². The number of aryl methyl sites for hydroxylation is 1. The fourth-order valence-corrected chi connectivity index (χ4v) is 1.81. The summed E-state index contributed by atoms with van der Waals surface area (Å²) in [7, 11) is 0. The van der Waals surface area contributed by atoms with Gasteiger partial charge in [0, 0.05) is 4.47 Å². The molecule has 1 heterocycles. The van der Waals surface area contributed by atoms with Gasteiger partial charge in [-0.3, -0.25) is 0 Å². The number of rotatable bonds is 2. The van der Waals surface area contributed by atoms with E-state index < -0.39 is 0 Å². The molecular weight excluding hydrogens is 254 g/mol. The summed E-state index contributed by atoms with van der Waals surface area (Å²) >= 11 is 3.51. The van der Waals surface area contributed by atoms with Crippen LogP contribution in [0.25, 0.3) is 0 Å². The average Bonchev–Trinajstić information content (AvgIpc) is 2.59. The summed E-state index contributed by atoms with van der Waals surface area (Å²) in [5.74, 6) is 0.687. The lowest BCUT2D eigenvalue weighted by molar-refractivity contribution is 0.697. The van der Waals surface area contributed by atoms with Gasteiger partial charge in [-0.25, -0.2) is 4.68 Å². The van der Waals surface area contributed by atoms with Crippen molar-refractivity contribution in [1.82, 2.24) is 9.78 Å². The Hall–Kier alpha value is -1.29. The van der Waals surface area contributed by atoms with Gasteiger partial charge in [0.2, 0.25) is 0 Å². The van der Waals surface area contributed by atoms with E-state index in [9.17, 15) is 0 Å². The topological polar surface area (TPSA) is 43.8 Å². The molecule has 0 spiro atoms. The fraction of sp³-hybridized carbons (Fsp3) is 0.182. The molecular formula is C11H12BrN3. The SMILES string of the molecule is Cc1ccc(Cn2nccc2N)cc1Br. The summed E-state index contributed by atoms with van der Waals surface area (Å²) in [6.45, 7) is 2.77. The predicted molar refractivity (Wildman–Crippen MR) is 64.6 cm³/mol. The average molecular weight is 266 g/mol. The van der Waals surface area contributed by atoms with Crippen LogP contribution in [-0.2, 0) is 6.54 Å². The zero-order valence-corrected chi connectivity index (χ0v) is 10.0. The second-order valence-electron chi connectivity index (χ2n) is 3.50. The molecule has 2 aromatic rings. The summed E-state index contributed by atoms with van der Waals surface area (Å²) in [4.78, 5) is 0. The van der Waals surface area contributed by atoms with E-state index in [2.05, 4.69) is 46.2 Å². The standard InChI is InChI=1S/C11H12BrN3/c1-8-2-3-9(6-10(8)12)7-15-11(13)4-5-14-15/h2-6H,7,13H2,1H3. The van der Waals surface area contributed by atoms with Gasteiger partial charge in [-0.15, -0.1) is 0 Å². The number of nitrogen functional groups attached to an aromatic ring is 1. The Balaban J connectivity index is 2.25. The number of hydrogen-bond acceptors (Lipinski definition) is 2. The van der Waals surface area contributed by atoms with E-state index in [1.807, 2.05) is 0 Å². The van der Waals surface area contributed by atoms with Crippen LogP contribution in [0.4, 0.5) is 5.82 Å². The van der Waals surface area contributed by atoms with Crippen LogP contribution < -0.4 is 5.73 Å². The third-order valence-electron chi connectivity index (χ3n) is 2.32. The first-order valence-corrected chi connectivity index (χ1v) is 5.48. The molecule has 0 unspecified atom stereocenters. The Kier molecular flexibility index (Phi) is 2.77. The quantitative estimate of drug-likeness (QED) is 0.907. The molecule has 1 aromatic heterocycles. The number of aromatic nitrogens is 2. The summed E-state index contributed by atoms with van der Waals surface area (Å²) in [6.07, 6.45) is 1.71. The Labute approximate surface area is 97.0 Å². The molecule has 15 heavy (non-hydrogen) atoms. The Morgan fingerprint density at radius 3 is 2.80 bits per heavy atom. The van der Waals surface area contributed by atoms with Gasteiger partial charge in [-0.05, 0) is 30.2 Å². The molecule has 0 saturated carbocycles. The Bertz CT molecular complexity index is 476. The van der Waals surface area contributed by atoms with Crippen LogP contribution >= 0.6 is 15.9 Å². The number of nitrogens with two attached hydrogens (primary N) is 1. The van der Waals surface area contributed by atoms with Crippen LogP contribution in [0.2, 0.25) is 0 Å². The van der Waals surface area contributed by atoms with Crippen molar-refractivity contribution in [2.24, 2.45) is 0 Å². The lowest BCUT2D eigenvalue weighted by Gasteiger charge is -2.06. The van der Waals surface area contributed by atoms with E-state index in [1.54, 1.807) is 16.9 Å². The highest BCUT2D eigenvalue weighted by Gasteiger charge is 2.01. The molecule has 0 atom stereocenters. The number of benzene rings is 1. The van der Waals surface area contributed by atoms with Gasteiger partial charge in [0.1, 0.15) is 5.82 Å². The second-order valence-corrected chi connectivity index (χ2v) is 4.35. The van der Waals surface area contributed by atoms with Crippen molar-refractivity contribution in [3.8, 4) is 0 Å². The molecule has 2 N–H and O–H groups in total. The molecule has 1 aromatic carbocycles. The van der Waals surface area contributed by atoms with Gasteiger partial charge in [0.05, 0.1) is 12.7 Å². The van der Waals surface area contributed by atoms with Gasteiger partial charge in [-0.1, -0.05) is 28.1 Å². The summed E-state index contributed by atoms with van der Waals surface area (Å²) in [6, 6.07) is 8.06. The van der Waals surface area contributed by atoms with Crippen LogP contribution in [0.15, 0.2) is 34.9 Å². The maximum atomic E-state index is 5.75. The van der Waals surface area contributed by atoms with E-state index in [1.165, 1.54) is 11.1 Å². The van der Waals surface area contributed by atoms with Gasteiger partial charge < -0.3 is 5.73 Å². The lowest BCUT2D eigenvalue weighted by Crippen LogP contribution is -2.05. The van der Waals surface area contributed by atoms with Crippen LogP contribution in [0.5, 0.6) is 0 Å². The third-order valence-corrected chi connectivity index (χ3v) is 3.17. The number of halogens is 1. The maximum Gasteiger partial charge on any atom is 0.122 e. The van der Waals surface area contributed by atoms with Crippen molar-refractivity contribution in [3.05, 3.63) is 46.1 Å². The van der Waals surface area contributed by atoms with E-state index in [0.29, 0.717) is 12.4 Å².